The highest BCUT2D eigenvalue weighted by Crippen LogP contribution is 2.30. The summed E-state index contributed by atoms with van der Waals surface area (Å²) in [6.07, 6.45) is 3.13. The summed E-state index contributed by atoms with van der Waals surface area (Å²) in [5.74, 6) is 0. The number of aryl methyl sites for hydroxylation is 2. The zero-order valence-corrected chi connectivity index (χ0v) is 14.0. The Balaban J connectivity index is 2.52. The number of aromatic amines is 1. The van der Waals surface area contributed by atoms with E-state index in [0.29, 0.717) is 0 Å². The van der Waals surface area contributed by atoms with Crippen LogP contribution in [0, 0.1) is 6.92 Å². The minimum atomic E-state index is 0.776. The predicted octanol–water partition coefficient (Wildman–Crippen LogP) is 3.33. The molecule has 21 heavy (non-hydrogen) atoms. The number of nitrogens with one attached hydrogen (secondary N) is 1. The van der Waals surface area contributed by atoms with Gasteiger partial charge in [-0.05, 0) is 57.0 Å². The topological polar surface area (TPSA) is 28.3 Å². The first-order valence-corrected chi connectivity index (χ1v) is 7.84. The van der Waals surface area contributed by atoms with E-state index >= 15 is 0 Å². The summed E-state index contributed by atoms with van der Waals surface area (Å²) >= 11 is 0. The number of aromatic nitrogens is 1. The van der Waals surface area contributed by atoms with Crippen LogP contribution in [0.3, 0.4) is 0 Å². The van der Waals surface area contributed by atoms with Crippen molar-refractivity contribution in [2.45, 2.75) is 33.1 Å². The van der Waals surface area contributed by atoms with E-state index < -0.39 is 0 Å². The highest BCUT2D eigenvalue weighted by atomic mass is 16.5. The van der Waals surface area contributed by atoms with Gasteiger partial charge in [0.1, 0.15) is 0 Å². The standard InChI is InChI=1S/C18H28N2O/c1-6-14-7-8-15(10-12-21-5)17-16(9-11-20(3)4)13(2)19-18(14)17/h7-8,19H,6,9-12H2,1-5H3. The van der Waals surface area contributed by atoms with Gasteiger partial charge in [0.2, 0.25) is 0 Å². The second-order valence-electron chi connectivity index (χ2n) is 6.01. The molecule has 0 aliphatic rings. The molecule has 3 nitrogen and oxygen atoms in total. The van der Waals surface area contributed by atoms with Crippen molar-refractivity contribution in [3.05, 3.63) is 34.5 Å². The Morgan fingerprint density at radius 2 is 1.86 bits per heavy atom. The third-order valence-electron chi connectivity index (χ3n) is 4.21. The Kier molecular flexibility index (Phi) is 5.43. The first-order valence-electron chi connectivity index (χ1n) is 7.84. The quantitative estimate of drug-likeness (QED) is 0.846. The fraction of sp³-hybridized carbons (Fsp3) is 0.556. The van der Waals surface area contributed by atoms with E-state index in [1.54, 1.807) is 7.11 Å². The second kappa shape index (κ2) is 7.10. The normalized spacial score (nSPS) is 11.7. The summed E-state index contributed by atoms with van der Waals surface area (Å²) in [7, 11) is 6.04. The molecule has 1 aromatic carbocycles. The number of likely N-dealkylation sites (N-methyl/N-ethyl adjacent to an activating group) is 1. The molecule has 2 aromatic rings. The van der Waals surface area contributed by atoms with Crippen LogP contribution >= 0.6 is 0 Å². The van der Waals surface area contributed by atoms with Gasteiger partial charge in [-0.3, -0.25) is 0 Å². The highest BCUT2D eigenvalue weighted by molar-refractivity contribution is 5.90. The van der Waals surface area contributed by atoms with Crippen molar-refractivity contribution < 1.29 is 4.74 Å². The van der Waals surface area contributed by atoms with Crippen LogP contribution in [0.4, 0.5) is 0 Å². The molecule has 1 heterocycles. The molecule has 0 atom stereocenters. The van der Waals surface area contributed by atoms with Gasteiger partial charge in [-0.25, -0.2) is 0 Å². The zero-order chi connectivity index (χ0) is 15.4. The van der Waals surface area contributed by atoms with E-state index in [1.807, 2.05) is 0 Å². The Morgan fingerprint density at radius 3 is 2.48 bits per heavy atom. The Morgan fingerprint density at radius 1 is 1.14 bits per heavy atom. The summed E-state index contributed by atoms with van der Waals surface area (Å²) < 4.78 is 5.28. The summed E-state index contributed by atoms with van der Waals surface area (Å²) in [6.45, 7) is 6.27. The molecule has 0 aliphatic carbocycles. The number of hydrogen-bond acceptors (Lipinski definition) is 2. The van der Waals surface area contributed by atoms with Crippen LogP contribution in [0.1, 0.15) is 29.3 Å². The molecule has 0 saturated carbocycles. The van der Waals surface area contributed by atoms with Crippen LogP contribution in [0.15, 0.2) is 12.1 Å². The molecule has 1 aromatic heterocycles. The summed E-state index contributed by atoms with van der Waals surface area (Å²) in [4.78, 5) is 5.87. The lowest BCUT2D eigenvalue weighted by atomic mass is 9.97. The lowest BCUT2D eigenvalue weighted by Gasteiger charge is -2.12. The van der Waals surface area contributed by atoms with Gasteiger partial charge in [-0.1, -0.05) is 19.1 Å². The van der Waals surface area contributed by atoms with E-state index in [-0.39, 0.29) is 0 Å². The van der Waals surface area contributed by atoms with E-state index in [2.05, 4.69) is 50.0 Å². The number of rotatable bonds is 7. The number of methoxy groups -OCH3 is 1. The molecule has 0 amide bonds. The van der Waals surface area contributed by atoms with Crippen LogP contribution in [0.5, 0.6) is 0 Å². The molecular formula is C18H28N2O. The molecule has 0 fully saturated rings. The Bertz CT molecular complexity index is 599. The third kappa shape index (κ3) is 3.47. The van der Waals surface area contributed by atoms with Gasteiger partial charge in [0, 0.05) is 30.3 Å². The van der Waals surface area contributed by atoms with Gasteiger partial charge in [0.15, 0.2) is 0 Å². The molecule has 0 bridgehead atoms. The maximum atomic E-state index is 5.28. The van der Waals surface area contributed by atoms with Crippen molar-refractivity contribution >= 4 is 10.9 Å². The molecule has 116 valence electrons. The molecule has 0 radical (unpaired) electrons. The number of H-pyrrole nitrogens is 1. The number of fused-ring (bicyclic) bond motifs is 1. The Hall–Kier alpha value is -1.32. The van der Waals surface area contributed by atoms with E-state index in [0.717, 1.165) is 32.4 Å². The number of ether oxygens (including phenoxy) is 1. The summed E-state index contributed by atoms with van der Waals surface area (Å²) in [5, 5.41) is 1.44. The molecule has 0 unspecified atom stereocenters. The number of benzene rings is 1. The van der Waals surface area contributed by atoms with Crippen LogP contribution in [0.25, 0.3) is 10.9 Å². The Labute approximate surface area is 128 Å². The highest BCUT2D eigenvalue weighted by Gasteiger charge is 2.14. The second-order valence-corrected chi connectivity index (χ2v) is 6.01. The van der Waals surface area contributed by atoms with Gasteiger partial charge in [0.05, 0.1) is 6.61 Å². The van der Waals surface area contributed by atoms with Gasteiger partial charge < -0.3 is 14.6 Å². The number of hydrogen-bond donors (Lipinski definition) is 1. The van der Waals surface area contributed by atoms with Crippen LogP contribution in [-0.4, -0.2) is 44.2 Å². The average molecular weight is 288 g/mol. The van der Waals surface area contributed by atoms with Gasteiger partial charge in [-0.15, -0.1) is 0 Å². The lowest BCUT2D eigenvalue weighted by molar-refractivity contribution is 0.202. The molecule has 2 rings (SSSR count). The fourth-order valence-electron chi connectivity index (χ4n) is 2.99. The molecule has 3 heteroatoms. The van der Waals surface area contributed by atoms with Crippen molar-refractivity contribution in [2.24, 2.45) is 0 Å². The summed E-state index contributed by atoms with van der Waals surface area (Å²) in [6, 6.07) is 4.55. The lowest BCUT2D eigenvalue weighted by Crippen LogP contribution is -2.15. The van der Waals surface area contributed by atoms with Gasteiger partial charge in [-0.2, -0.15) is 0 Å². The zero-order valence-electron chi connectivity index (χ0n) is 14.0. The van der Waals surface area contributed by atoms with E-state index in [4.69, 9.17) is 4.74 Å². The van der Waals surface area contributed by atoms with Crippen molar-refractivity contribution in [3.63, 3.8) is 0 Å². The average Bonchev–Trinajstić information content (AvgIpc) is 2.79. The van der Waals surface area contributed by atoms with Crippen molar-refractivity contribution in [2.75, 3.05) is 34.4 Å². The van der Waals surface area contributed by atoms with Gasteiger partial charge >= 0.3 is 0 Å². The molecule has 0 aliphatic heterocycles. The van der Waals surface area contributed by atoms with Crippen LogP contribution < -0.4 is 0 Å². The third-order valence-corrected chi connectivity index (χ3v) is 4.21. The predicted molar refractivity (Wildman–Crippen MR) is 90.3 cm³/mol. The summed E-state index contributed by atoms with van der Waals surface area (Å²) in [5.41, 5.74) is 6.93. The van der Waals surface area contributed by atoms with Crippen molar-refractivity contribution in [1.29, 1.82) is 0 Å². The van der Waals surface area contributed by atoms with Crippen LogP contribution in [-0.2, 0) is 24.0 Å². The van der Waals surface area contributed by atoms with Crippen molar-refractivity contribution in [1.82, 2.24) is 9.88 Å². The largest absolute Gasteiger partial charge is 0.384 e. The smallest absolute Gasteiger partial charge is 0.0502 e. The van der Waals surface area contributed by atoms with Gasteiger partial charge in [0.25, 0.3) is 0 Å². The maximum Gasteiger partial charge on any atom is 0.0502 e. The van der Waals surface area contributed by atoms with Crippen LogP contribution in [0.2, 0.25) is 0 Å². The number of nitrogens with zero attached hydrogens (tertiary/aromatic N) is 1. The van der Waals surface area contributed by atoms with E-state index in [1.165, 1.54) is 33.3 Å². The van der Waals surface area contributed by atoms with Crippen molar-refractivity contribution in [3.8, 4) is 0 Å². The fourth-order valence-corrected chi connectivity index (χ4v) is 2.99. The molecule has 0 saturated heterocycles. The first kappa shape index (κ1) is 16.1. The minimum absolute atomic E-state index is 0.776. The SMILES string of the molecule is CCc1ccc(CCOC)c2c(CCN(C)C)c(C)[nH]c12. The minimum Gasteiger partial charge on any atom is -0.384 e. The van der Waals surface area contributed by atoms with E-state index in [9.17, 15) is 0 Å². The molecular weight excluding hydrogens is 260 g/mol. The first-order chi connectivity index (χ1) is 10.1. The monoisotopic (exact) mass is 288 g/mol. The molecule has 0 spiro atoms. The molecule has 1 N–H and O–H groups in total. The maximum absolute atomic E-state index is 5.28.